The molecule has 0 saturated heterocycles. The van der Waals surface area contributed by atoms with Crippen LogP contribution in [0.3, 0.4) is 0 Å². The third-order valence-electron chi connectivity index (χ3n) is 11.8. The van der Waals surface area contributed by atoms with Crippen molar-refractivity contribution in [2.24, 2.45) is 51.4 Å². The van der Waals surface area contributed by atoms with Crippen molar-refractivity contribution in [3.05, 3.63) is 23.8 Å². The molecular weight excluding hydrogens is 492 g/mol. The number of aliphatic hydroxyl groups excluding tert-OH is 2. The first-order chi connectivity index (χ1) is 18.6. The Labute approximate surface area is 233 Å². The number of benzene rings is 1. The van der Waals surface area contributed by atoms with Gasteiger partial charge in [0.15, 0.2) is 11.5 Å². The topological polar surface area (TPSA) is 111 Å². The van der Waals surface area contributed by atoms with Crippen molar-refractivity contribution in [3.63, 3.8) is 0 Å². The van der Waals surface area contributed by atoms with E-state index in [0.29, 0.717) is 47.7 Å². The zero-order valence-corrected chi connectivity index (χ0v) is 24.1. The molecule has 4 saturated carbocycles. The summed E-state index contributed by atoms with van der Waals surface area (Å²) in [5, 5.41) is 35.6. The average molecular weight is 541 g/mol. The van der Waals surface area contributed by atoms with Gasteiger partial charge in [-0.2, -0.15) is 5.10 Å². The van der Waals surface area contributed by atoms with Crippen LogP contribution in [0.5, 0.6) is 11.5 Å². The fourth-order valence-corrected chi connectivity index (χ4v) is 9.74. The molecule has 39 heavy (non-hydrogen) atoms. The lowest BCUT2D eigenvalue weighted by Crippen LogP contribution is -2.58. The molecule has 7 nitrogen and oxygen atoms in total. The summed E-state index contributed by atoms with van der Waals surface area (Å²) in [4.78, 5) is 12.6. The summed E-state index contributed by atoms with van der Waals surface area (Å²) in [6.45, 7) is 7.25. The van der Waals surface area contributed by atoms with Crippen molar-refractivity contribution in [1.29, 1.82) is 0 Å². The van der Waals surface area contributed by atoms with Gasteiger partial charge in [0.05, 0.1) is 25.5 Å². The van der Waals surface area contributed by atoms with Gasteiger partial charge >= 0.3 is 0 Å². The molecule has 7 heteroatoms. The maximum absolute atomic E-state index is 12.6. The van der Waals surface area contributed by atoms with Crippen LogP contribution in [0, 0.1) is 46.3 Å². The van der Waals surface area contributed by atoms with E-state index in [1.807, 2.05) is 0 Å². The Morgan fingerprint density at radius 2 is 1.87 bits per heavy atom. The molecular formula is C32H48N2O5. The summed E-state index contributed by atoms with van der Waals surface area (Å²) < 4.78 is 5.12. The minimum Gasteiger partial charge on any atom is -0.504 e. The monoisotopic (exact) mass is 540 g/mol. The normalized spacial score (nSPS) is 40.4. The van der Waals surface area contributed by atoms with E-state index in [0.717, 1.165) is 37.7 Å². The molecule has 1 aromatic carbocycles. The Kier molecular flexibility index (Phi) is 8.04. The van der Waals surface area contributed by atoms with Crippen molar-refractivity contribution in [3.8, 4) is 11.5 Å². The van der Waals surface area contributed by atoms with Crippen molar-refractivity contribution in [2.75, 3.05) is 7.11 Å². The number of ether oxygens (including phenoxy) is 1. The number of methoxy groups -OCH3 is 1. The van der Waals surface area contributed by atoms with Crippen molar-refractivity contribution < 1.29 is 24.9 Å². The molecule has 216 valence electrons. The number of rotatable bonds is 7. The van der Waals surface area contributed by atoms with Crippen LogP contribution < -0.4 is 10.2 Å². The van der Waals surface area contributed by atoms with Crippen LogP contribution in [0.2, 0.25) is 0 Å². The number of hydrogen-bond donors (Lipinski definition) is 4. The first kappa shape index (κ1) is 28.4. The highest BCUT2D eigenvalue weighted by atomic mass is 16.5. The molecule has 0 bridgehead atoms. The molecule has 4 aliphatic carbocycles. The molecule has 0 aromatic heterocycles. The first-order valence-corrected chi connectivity index (χ1v) is 15.1. The molecule has 5 rings (SSSR count). The van der Waals surface area contributed by atoms with Crippen molar-refractivity contribution in [2.45, 2.75) is 97.2 Å². The second-order valence-corrected chi connectivity index (χ2v) is 13.7. The molecule has 0 radical (unpaired) electrons. The third kappa shape index (κ3) is 5.21. The quantitative estimate of drug-likeness (QED) is 0.279. The molecule has 4 N–H and O–H groups in total. The van der Waals surface area contributed by atoms with Gasteiger partial charge in [0.25, 0.3) is 0 Å². The van der Waals surface area contributed by atoms with E-state index < -0.39 is 0 Å². The highest BCUT2D eigenvalue weighted by molar-refractivity contribution is 5.83. The molecule has 0 spiro atoms. The van der Waals surface area contributed by atoms with Crippen LogP contribution in [0.15, 0.2) is 23.3 Å². The molecule has 4 fully saturated rings. The molecule has 10 atom stereocenters. The van der Waals surface area contributed by atoms with Gasteiger partial charge in [0.1, 0.15) is 0 Å². The minimum absolute atomic E-state index is 0.0641. The summed E-state index contributed by atoms with van der Waals surface area (Å²) in [7, 11) is 1.49. The minimum atomic E-state index is -0.255. The second kappa shape index (κ2) is 11.0. The number of phenols is 1. The van der Waals surface area contributed by atoms with E-state index in [4.69, 9.17) is 4.74 Å². The first-order valence-electron chi connectivity index (χ1n) is 15.1. The number of fused-ring (bicyclic) bond motifs is 5. The largest absolute Gasteiger partial charge is 0.504 e. The van der Waals surface area contributed by atoms with Crippen molar-refractivity contribution >= 4 is 12.1 Å². The van der Waals surface area contributed by atoms with Crippen LogP contribution in [0.25, 0.3) is 0 Å². The van der Waals surface area contributed by atoms with Gasteiger partial charge < -0.3 is 20.1 Å². The molecule has 1 amide bonds. The lowest BCUT2D eigenvalue weighted by atomic mass is 9.43. The summed E-state index contributed by atoms with van der Waals surface area (Å²) in [6.07, 6.45) is 10.8. The Morgan fingerprint density at radius 3 is 2.64 bits per heavy atom. The number of nitrogens with zero attached hydrogens (tertiary/aromatic N) is 1. The van der Waals surface area contributed by atoms with E-state index in [9.17, 15) is 20.1 Å². The van der Waals surface area contributed by atoms with Gasteiger partial charge in [0.2, 0.25) is 5.91 Å². The van der Waals surface area contributed by atoms with Gasteiger partial charge in [-0.3, -0.25) is 4.79 Å². The number of aromatic hydroxyl groups is 1. The number of phenolic OH excluding ortho intramolecular Hbond substituents is 1. The summed E-state index contributed by atoms with van der Waals surface area (Å²) >= 11 is 0. The van der Waals surface area contributed by atoms with E-state index in [1.165, 1.54) is 38.9 Å². The third-order valence-corrected chi connectivity index (χ3v) is 11.8. The van der Waals surface area contributed by atoms with Crippen LogP contribution in [0.1, 0.15) is 90.5 Å². The molecule has 1 aromatic rings. The molecule has 4 aliphatic rings. The number of carbonyl (C=O) groups excluding carboxylic acids is 1. The fraction of sp³-hybridized carbons (Fsp3) is 0.750. The van der Waals surface area contributed by atoms with Gasteiger partial charge in [-0.05, 0) is 128 Å². The SMILES string of the molecule is COc1cc(/C=N\NC(=O)CC[C@H](C)[C@H]2CC[C@H]3[C@@H]4[C@H](O)C[C@H]5C[C@@H](O)CC[C@]5(C)[C@H]4CC[C@]23C)ccc1O. The Bertz CT molecular complexity index is 1080. The standard InChI is InChI=1S/C32H48N2O5/c1-19(5-10-29(38)34-33-18-20-6-9-26(36)28(15-20)39-4)23-7-8-24-30-25(12-14-32(23,24)3)31(2)13-11-22(35)16-21(31)17-27(30)37/h6,9,15,18-19,21-25,27,30,35-37H,5,7-8,10-14,16-17H2,1-4H3,(H,34,38)/b33-18-/t19-,21+,22-,23+,24-,25-,27+,30-,31-,32+/m0/s1. The van der Waals surface area contributed by atoms with Crippen LogP contribution in [-0.4, -0.2) is 46.8 Å². The number of aliphatic hydroxyl groups is 2. The predicted octanol–water partition coefficient (Wildman–Crippen LogP) is 5.26. The second-order valence-electron chi connectivity index (χ2n) is 13.7. The Morgan fingerprint density at radius 1 is 1.13 bits per heavy atom. The smallest absolute Gasteiger partial charge is 0.240 e. The maximum Gasteiger partial charge on any atom is 0.240 e. The maximum atomic E-state index is 12.6. The van der Waals surface area contributed by atoms with E-state index in [2.05, 4.69) is 31.3 Å². The van der Waals surface area contributed by atoms with Gasteiger partial charge in [0, 0.05) is 6.42 Å². The van der Waals surface area contributed by atoms with Gasteiger partial charge in [-0.25, -0.2) is 5.43 Å². The van der Waals surface area contributed by atoms with Gasteiger partial charge in [-0.1, -0.05) is 20.8 Å². The van der Waals surface area contributed by atoms with Crippen LogP contribution in [0.4, 0.5) is 0 Å². The zero-order valence-electron chi connectivity index (χ0n) is 24.1. The van der Waals surface area contributed by atoms with E-state index in [-0.39, 0.29) is 34.7 Å². The Balaban J connectivity index is 1.18. The molecule has 0 heterocycles. The average Bonchev–Trinajstić information content (AvgIpc) is 3.26. The number of amides is 1. The van der Waals surface area contributed by atoms with Crippen LogP contribution in [-0.2, 0) is 4.79 Å². The van der Waals surface area contributed by atoms with Crippen LogP contribution >= 0.6 is 0 Å². The molecule has 0 unspecified atom stereocenters. The van der Waals surface area contributed by atoms with E-state index in [1.54, 1.807) is 18.3 Å². The summed E-state index contributed by atoms with van der Waals surface area (Å²) in [5.41, 5.74) is 3.84. The van der Waals surface area contributed by atoms with Crippen molar-refractivity contribution in [1.82, 2.24) is 5.43 Å². The number of hydrazone groups is 1. The Hall–Kier alpha value is -2.12. The van der Waals surface area contributed by atoms with Gasteiger partial charge in [-0.15, -0.1) is 0 Å². The zero-order chi connectivity index (χ0) is 27.9. The summed E-state index contributed by atoms with van der Waals surface area (Å²) in [6, 6.07) is 4.92. The predicted molar refractivity (Wildman–Crippen MR) is 151 cm³/mol. The highest BCUT2D eigenvalue weighted by Crippen LogP contribution is 2.68. The fourth-order valence-electron chi connectivity index (χ4n) is 9.74. The van der Waals surface area contributed by atoms with E-state index >= 15 is 0 Å². The molecule has 0 aliphatic heterocycles. The number of hydrogen-bond acceptors (Lipinski definition) is 6. The summed E-state index contributed by atoms with van der Waals surface area (Å²) in [5.74, 6) is 3.25. The lowest BCUT2D eigenvalue weighted by Gasteiger charge is -2.62. The lowest BCUT2D eigenvalue weighted by molar-refractivity contribution is -0.174. The number of nitrogens with one attached hydrogen (secondary N) is 1. The highest BCUT2D eigenvalue weighted by Gasteiger charge is 2.62. The number of carbonyl (C=O) groups is 1.